The fourth-order valence-electron chi connectivity index (χ4n) is 2.54. The number of pyridine rings is 1. The van der Waals surface area contributed by atoms with Crippen LogP contribution >= 0.6 is 11.8 Å². The Balaban J connectivity index is 1.97. The zero-order chi connectivity index (χ0) is 17.8. The SMILES string of the molecule is CSc1ncccc1C(=O)N[C@@H](c1ccc(F)cc1)c1nccn1C. The highest BCUT2D eigenvalue weighted by atomic mass is 32.2. The fourth-order valence-corrected chi connectivity index (χ4v) is 3.09. The number of amides is 1. The number of halogens is 1. The minimum absolute atomic E-state index is 0.255. The first kappa shape index (κ1) is 17.2. The summed E-state index contributed by atoms with van der Waals surface area (Å²) in [6.45, 7) is 0. The number of hydrogen-bond acceptors (Lipinski definition) is 4. The fraction of sp³-hybridized carbons (Fsp3) is 0.167. The lowest BCUT2D eigenvalue weighted by Crippen LogP contribution is -2.31. The lowest BCUT2D eigenvalue weighted by Gasteiger charge is -2.19. The summed E-state index contributed by atoms with van der Waals surface area (Å²) in [6.07, 6.45) is 6.99. The van der Waals surface area contributed by atoms with Gasteiger partial charge in [-0.25, -0.2) is 14.4 Å². The number of nitrogens with zero attached hydrogens (tertiary/aromatic N) is 3. The van der Waals surface area contributed by atoms with Crippen molar-refractivity contribution in [1.82, 2.24) is 19.9 Å². The topological polar surface area (TPSA) is 59.8 Å². The minimum Gasteiger partial charge on any atom is -0.338 e. The maximum atomic E-state index is 13.3. The van der Waals surface area contributed by atoms with Gasteiger partial charge >= 0.3 is 0 Å². The first-order chi connectivity index (χ1) is 12.1. The summed E-state index contributed by atoms with van der Waals surface area (Å²) in [4.78, 5) is 21.4. The molecule has 1 amide bonds. The first-order valence-corrected chi connectivity index (χ1v) is 8.85. The van der Waals surface area contributed by atoms with Crippen LogP contribution in [0.25, 0.3) is 0 Å². The molecule has 0 radical (unpaired) electrons. The molecule has 0 aliphatic carbocycles. The normalized spacial score (nSPS) is 12.0. The van der Waals surface area contributed by atoms with Gasteiger partial charge in [-0.3, -0.25) is 4.79 Å². The summed E-state index contributed by atoms with van der Waals surface area (Å²) in [5, 5.41) is 3.64. The third kappa shape index (κ3) is 3.71. The Kier molecular flexibility index (Phi) is 5.14. The quantitative estimate of drug-likeness (QED) is 0.713. The number of rotatable bonds is 5. The third-order valence-electron chi connectivity index (χ3n) is 3.80. The molecule has 2 heterocycles. The third-order valence-corrected chi connectivity index (χ3v) is 4.52. The number of carbonyl (C=O) groups excluding carboxylic acids is 1. The number of thioether (sulfide) groups is 1. The van der Waals surface area contributed by atoms with Crippen LogP contribution in [0.15, 0.2) is 60.0 Å². The molecule has 3 rings (SSSR count). The van der Waals surface area contributed by atoms with Crippen molar-refractivity contribution in [3.8, 4) is 0 Å². The van der Waals surface area contributed by atoms with Crippen molar-refractivity contribution in [2.75, 3.05) is 6.26 Å². The molecule has 0 fully saturated rings. The smallest absolute Gasteiger partial charge is 0.254 e. The van der Waals surface area contributed by atoms with Crippen LogP contribution in [0.5, 0.6) is 0 Å². The van der Waals surface area contributed by atoms with Gasteiger partial charge in [-0.15, -0.1) is 11.8 Å². The molecule has 0 spiro atoms. The zero-order valence-electron chi connectivity index (χ0n) is 13.8. The van der Waals surface area contributed by atoms with Gasteiger partial charge in [0.05, 0.1) is 5.56 Å². The van der Waals surface area contributed by atoms with Crippen LogP contribution in [0.4, 0.5) is 4.39 Å². The predicted molar refractivity (Wildman–Crippen MR) is 94.9 cm³/mol. The number of nitrogens with one attached hydrogen (secondary N) is 1. The number of aryl methyl sites for hydroxylation is 1. The number of carbonyl (C=O) groups is 1. The second kappa shape index (κ2) is 7.48. The summed E-state index contributed by atoms with van der Waals surface area (Å²) in [5.41, 5.74) is 1.25. The Morgan fingerprint density at radius 3 is 2.60 bits per heavy atom. The molecule has 1 aromatic carbocycles. The molecule has 0 saturated heterocycles. The molecule has 1 N–H and O–H groups in total. The first-order valence-electron chi connectivity index (χ1n) is 7.62. The van der Waals surface area contributed by atoms with E-state index in [0.29, 0.717) is 16.4 Å². The molecule has 1 atom stereocenters. The monoisotopic (exact) mass is 356 g/mol. The summed E-state index contributed by atoms with van der Waals surface area (Å²) in [6, 6.07) is 8.99. The molecule has 128 valence electrons. The number of aromatic nitrogens is 3. The molecule has 0 bridgehead atoms. The highest BCUT2D eigenvalue weighted by Gasteiger charge is 2.23. The summed E-state index contributed by atoms with van der Waals surface area (Å²) >= 11 is 1.41. The Hall–Kier alpha value is -2.67. The van der Waals surface area contributed by atoms with E-state index in [2.05, 4.69) is 15.3 Å². The highest BCUT2D eigenvalue weighted by molar-refractivity contribution is 7.98. The largest absolute Gasteiger partial charge is 0.338 e. The lowest BCUT2D eigenvalue weighted by molar-refractivity contribution is 0.0937. The molecule has 0 aliphatic rings. The molecule has 2 aromatic heterocycles. The highest BCUT2D eigenvalue weighted by Crippen LogP contribution is 2.23. The van der Waals surface area contributed by atoms with E-state index < -0.39 is 6.04 Å². The molecule has 3 aromatic rings. The Morgan fingerprint density at radius 1 is 1.20 bits per heavy atom. The standard InChI is InChI=1S/C18H17FN4OS/c1-23-11-10-20-16(23)15(12-5-7-13(19)8-6-12)22-17(24)14-4-3-9-21-18(14)25-2/h3-11,15H,1-2H3,(H,22,24)/t15-/m0/s1. The maximum Gasteiger partial charge on any atom is 0.254 e. The van der Waals surface area contributed by atoms with E-state index in [9.17, 15) is 9.18 Å². The van der Waals surface area contributed by atoms with Crippen molar-refractivity contribution in [2.45, 2.75) is 11.1 Å². The summed E-state index contributed by atoms with van der Waals surface area (Å²) in [5.74, 6) is 0.0786. The second-order valence-electron chi connectivity index (χ2n) is 5.41. The van der Waals surface area contributed by atoms with E-state index in [4.69, 9.17) is 0 Å². The minimum atomic E-state index is -0.497. The van der Waals surface area contributed by atoms with Crippen LogP contribution in [-0.4, -0.2) is 26.7 Å². The summed E-state index contributed by atoms with van der Waals surface area (Å²) in [7, 11) is 1.85. The van der Waals surface area contributed by atoms with Crippen LogP contribution in [0.3, 0.4) is 0 Å². The van der Waals surface area contributed by atoms with E-state index in [1.165, 1.54) is 23.9 Å². The van der Waals surface area contributed by atoms with Gasteiger partial charge in [0.1, 0.15) is 22.7 Å². The zero-order valence-corrected chi connectivity index (χ0v) is 14.6. The van der Waals surface area contributed by atoms with Crippen molar-refractivity contribution in [3.05, 3.63) is 77.8 Å². The van der Waals surface area contributed by atoms with Crippen LogP contribution in [-0.2, 0) is 7.05 Å². The van der Waals surface area contributed by atoms with Gasteiger partial charge in [0, 0.05) is 25.6 Å². The average molecular weight is 356 g/mol. The predicted octanol–water partition coefficient (Wildman–Crippen LogP) is 3.20. The van der Waals surface area contributed by atoms with Crippen LogP contribution in [0, 0.1) is 5.82 Å². The van der Waals surface area contributed by atoms with Crippen LogP contribution in [0.1, 0.15) is 27.8 Å². The average Bonchev–Trinajstić information content (AvgIpc) is 3.06. The van der Waals surface area contributed by atoms with Crippen LogP contribution < -0.4 is 5.32 Å². The van der Waals surface area contributed by atoms with E-state index >= 15 is 0 Å². The number of imidazole rings is 1. The maximum absolute atomic E-state index is 13.3. The van der Waals surface area contributed by atoms with Crippen molar-refractivity contribution < 1.29 is 9.18 Å². The molecule has 7 heteroatoms. The molecular weight excluding hydrogens is 339 g/mol. The number of hydrogen-bond donors (Lipinski definition) is 1. The van der Waals surface area contributed by atoms with Crippen molar-refractivity contribution in [3.63, 3.8) is 0 Å². The van der Waals surface area contributed by atoms with Crippen molar-refractivity contribution in [1.29, 1.82) is 0 Å². The van der Waals surface area contributed by atoms with E-state index in [1.807, 2.05) is 17.9 Å². The van der Waals surface area contributed by atoms with E-state index in [0.717, 1.165) is 5.56 Å². The second-order valence-corrected chi connectivity index (χ2v) is 6.21. The molecule has 0 aliphatic heterocycles. The summed E-state index contributed by atoms with van der Waals surface area (Å²) < 4.78 is 15.1. The number of benzene rings is 1. The van der Waals surface area contributed by atoms with Gasteiger partial charge in [-0.05, 0) is 36.1 Å². The van der Waals surface area contributed by atoms with Crippen molar-refractivity contribution in [2.24, 2.45) is 7.05 Å². The van der Waals surface area contributed by atoms with Gasteiger partial charge in [0.25, 0.3) is 5.91 Å². The molecule has 5 nitrogen and oxygen atoms in total. The Labute approximate surface area is 149 Å². The van der Waals surface area contributed by atoms with Gasteiger partial charge in [-0.1, -0.05) is 12.1 Å². The van der Waals surface area contributed by atoms with Crippen LogP contribution in [0.2, 0.25) is 0 Å². The Morgan fingerprint density at radius 2 is 1.96 bits per heavy atom. The molecular formula is C18H17FN4OS. The van der Waals surface area contributed by atoms with E-state index in [1.54, 1.807) is 42.9 Å². The lowest BCUT2D eigenvalue weighted by atomic mass is 10.1. The molecule has 0 unspecified atom stereocenters. The van der Waals surface area contributed by atoms with Gasteiger partial charge < -0.3 is 9.88 Å². The molecule has 0 saturated carbocycles. The van der Waals surface area contributed by atoms with Crippen molar-refractivity contribution >= 4 is 17.7 Å². The van der Waals surface area contributed by atoms with Gasteiger partial charge in [0.2, 0.25) is 0 Å². The van der Waals surface area contributed by atoms with E-state index in [-0.39, 0.29) is 11.7 Å². The van der Waals surface area contributed by atoms with Gasteiger partial charge in [-0.2, -0.15) is 0 Å². The Bertz CT molecular complexity index is 879. The van der Waals surface area contributed by atoms with Gasteiger partial charge in [0.15, 0.2) is 0 Å². The molecule has 25 heavy (non-hydrogen) atoms.